The number of carbonyl (C=O) groups excluding carboxylic acids is 1. The summed E-state index contributed by atoms with van der Waals surface area (Å²) in [4.78, 5) is 17.6. The molecule has 0 bridgehead atoms. The molecule has 23 heavy (non-hydrogen) atoms. The Morgan fingerprint density at radius 2 is 1.87 bits per heavy atom. The molecular formula is C16H16F3N3O. The fraction of sp³-hybridized carbons (Fsp3) is 0.250. The zero-order chi connectivity index (χ0) is 17.2. The molecule has 0 unspecified atom stereocenters. The second-order valence-electron chi connectivity index (χ2n) is 5.26. The highest BCUT2D eigenvalue weighted by molar-refractivity contribution is 6.04. The number of pyridine rings is 1. The summed E-state index contributed by atoms with van der Waals surface area (Å²) < 4.78 is 39.6. The van der Waals surface area contributed by atoms with Crippen LogP contribution in [0.2, 0.25) is 0 Å². The van der Waals surface area contributed by atoms with E-state index in [9.17, 15) is 18.0 Å². The van der Waals surface area contributed by atoms with Crippen molar-refractivity contribution in [3.05, 3.63) is 53.3 Å². The third-order valence-corrected chi connectivity index (χ3v) is 3.25. The summed E-state index contributed by atoms with van der Waals surface area (Å²) in [5.74, 6) is -0.638. The maximum absolute atomic E-state index is 13.2. The molecule has 7 heteroatoms. The summed E-state index contributed by atoms with van der Waals surface area (Å²) >= 11 is 0. The number of hydrogen-bond donors (Lipinski definition) is 1. The highest BCUT2D eigenvalue weighted by Crippen LogP contribution is 2.37. The third kappa shape index (κ3) is 4.00. The molecule has 2 aromatic rings. The number of aromatic nitrogens is 1. The molecule has 0 aliphatic carbocycles. The van der Waals surface area contributed by atoms with Crippen LogP contribution in [0.25, 0.3) is 0 Å². The minimum atomic E-state index is -4.57. The van der Waals surface area contributed by atoms with E-state index in [1.165, 1.54) is 24.4 Å². The van der Waals surface area contributed by atoms with E-state index in [0.29, 0.717) is 11.4 Å². The van der Waals surface area contributed by atoms with Crippen molar-refractivity contribution in [1.29, 1.82) is 0 Å². The highest BCUT2D eigenvalue weighted by atomic mass is 19.4. The molecule has 0 saturated carbocycles. The molecule has 0 atom stereocenters. The number of benzene rings is 1. The van der Waals surface area contributed by atoms with Gasteiger partial charge < -0.3 is 10.2 Å². The summed E-state index contributed by atoms with van der Waals surface area (Å²) in [6, 6.07) is 6.90. The lowest BCUT2D eigenvalue weighted by Gasteiger charge is -2.18. The van der Waals surface area contributed by atoms with Gasteiger partial charge in [-0.1, -0.05) is 0 Å². The normalized spacial score (nSPS) is 11.2. The number of rotatable bonds is 3. The van der Waals surface area contributed by atoms with Crippen LogP contribution in [0.1, 0.15) is 21.6 Å². The fourth-order valence-electron chi connectivity index (χ4n) is 1.95. The number of anilines is 2. The van der Waals surface area contributed by atoms with E-state index in [0.717, 1.165) is 6.07 Å². The van der Waals surface area contributed by atoms with Crippen molar-refractivity contribution in [2.24, 2.45) is 0 Å². The summed E-state index contributed by atoms with van der Waals surface area (Å²) in [5, 5.41) is 2.30. The minimum absolute atomic E-state index is 0.195. The fourth-order valence-corrected chi connectivity index (χ4v) is 1.95. The first kappa shape index (κ1) is 16.8. The Kier molecular flexibility index (Phi) is 4.58. The number of aryl methyl sites for hydroxylation is 1. The Labute approximate surface area is 132 Å². The van der Waals surface area contributed by atoms with E-state index < -0.39 is 17.6 Å². The van der Waals surface area contributed by atoms with Gasteiger partial charge in [0.1, 0.15) is 0 Å². The number of nitrogens with one attached hydrogen (secondary N) is 1. The second kappa shape index (κ2) is 6.28. The number of amides is 1. The van der Waals surface area contributed by atoms with Gasteiger partial charge in [-0.05, 0) is 37.3 Å². The standard InChI is InChI=1S/C16H16F3N3O/c1-10-4-5-11(9-20-10)15(23)21-14-7-6-12(22(2)3)8-13(14)16(17,18)19/h4-9H,1-3H3,(H,21,23). The van der Waals surface area contributed by atoms with Crippen LogP contribution in [-0.4, -0.2) is 25.0 Å². The van der Waals surface area contributed by atoms with E-state index in [-0.39, 0.29) is 11.3 Å². The third-order valence-electron chi connectivity index (χ3n) is 3.25. The predicted molar refractivity (Wildman–Crippen MR) is 82.7 cm³/mol. The molecule has 0 aliphatic heterocycles. The van der Waals surface area contributed by atoms with Crippen LogP contribution >= 0.6 is 0 Å². The van der Waals surface area contributed by atoms with Crippen molar-refractivity contribution in [1.82, 2.24) is 4.98 Å². The number of alkyl halides is 3. The van der Waals surface area contributed by atoms with E-state index >= 15 is 0 Å². The molecule has 1 N–H and O–H groups in total. The van der Waals surface area contributed by atoms with Gasteiger partial charge in [-0.2, -0.15) is 13.2 Å². The van der Waals surface area contributed by atoms with E-state index in [1.54, 1.807) is 32.0 Å². The first-order valence-electron chi connectivity index (χ1n) is 6.81. The van der Waals surface area contributed by atoms with Crippen LogP contribution in [-0.2, 0) is 6.18 Å². The lowest BCUT2D eigenvalue weighted by molar-refractivity contribution is -0.136. The maximum atomic E-state index is 13.2. The molecule has 0 fully saturated rings. The summed E-state index contributed by atoms with van der Waals surface area (Å²) in [5.41, 5.74) is 0.131. The summed E-state index contributed by atoms with van der Waals surface area (Å²) in [6.45, 7) is 1.75. The Bertz CT molecular complexity index is 710. The summed E-state index contributed by atoms with van der Waals surface area (Å²) in [6.07, 6.45) is -3.24. The average Bonchev–Trinajstić information content (AvgIpc) is 2.46. The Morgan fingerprint density at radius 1 is 1.17 bits per heavy atom. The molecule has 2 rings (SSSR count). The van der Waals surface area contributed by atoms with Gasteiger partial charge in [0.25, 0.3) is 5.91 Å². The topological polar surface area (TPSA) is 45.2 Å². The Balaban J connectivity index is 2.35. The number of carbonyl (C=O) groups is 1. The van der Waals surface area contributed by atoms with E-state index in [4.69, 9.17) is 0 Å². The quantitative estimate of drug-likeness (QED) is 0.936. The van der Waals surface area contributed by atoms with Gasteiger partial charge in [0.15, 0.2) is 0 Å². The molecule has 1 amide bonds. The molecular weight excluding hydrogens is 307 g/mol. The van der Waals surface area contributed by atoms with Gasteiger partial charge in [-0.15, -0.1) is 0 Å². The van der Waals surface area contributed by atoms with Gasteiger partial charge >= 0.3 is 6.18 Å². The zero-order valence-corrected chi connectivity index (χ0v) is 12.9. The molecule has 0 aliphatic rings. The number of nitrogens with zero attached hydrogens (tertiary/aromatic N) is 2. The predicted octanol–water partition coefficient (Wildman–Crippen LogP) is 3.73. The SMILES string of the molecule is Cc1ccc(C(=O)Nc2ccc(N(C)C)cc2C(F)(F)F)cn1. The van der Waals surface area contributed by atoms with E-state index in [2.05, 4.69) is 10.3 Å². The molecule has 4 nitrogen and oxygen atoms in total. The number of hydrogen-bond acceptors (Lipinski definition) is 3. The van der Waals surface area contributed by atoms with Crippen molar-refractivity contribution in [2.75, 3.05) is 24.3 Å². The maximum Gasteiger partial charge on any atom is 0.418 e. The van der Waals surface area contributed by atoms with Crippen LogP contribution in [0.5, 0.6) is 0 Å². The second-order valence-corrected chi connectivity index (χ2v) is 5.26. The molecule has 1 heterocycles. The van der Waals surface area contributed by atoms with Crippen molar-refractivity contribution >= 4 is 17.3 Å². The Morgan fingerprint density at radius 3 is 2.39 bits per heavy atom. The van der Waals surface area contributed by atoms with Crippen LogP contribution < -0.4 is 10.2 Å². The Hall–Kier alpha value is -2.57. The molecule has 0 saturated heterocycles. The van der Waals surface area contributed by atoms with Crippen LogP contribution in [0.3, 0.4) is 0 Å². The largest absolute Gasteiger partial charge is 0.418 e. The average molecular weight is 323 g/mol. The molecule has 1 aromatic heterocycles. The minimum Gasteiger partial charge on any atom is -0.378 e. The van der Waals surface area contributed by atoms with Gasteiger partial charge in [-0.3, -0.25) is 9.78 Å². The number of halogens is 3. The van der Waals surface area contributed by atoms with Crippen molar-refractivity contribution in [3.63, 3.8) is 0 Å². The van der Waals surface area contributed by atoms with Crippen molar-refractivity contribution in [3.8, 4) is 0 Å². The monoisotopic (exact) mass is 323 g/mol. The smallest absolute Gasteiger partial charge is 0.378 e. The van der Waals surface area contributed by atoms with Crippen LogP contribution in [0, 0.1) is 6.92 Å². The van der Waals surface area contributed by atoms with Gasteiger partial charge in [0.05, 0.1) is 16.8 Å². The van der Waals surface area contributed by atoms with Crippen LogP contribution in [0.4, 0.5) is 24.5 Å². The summed E-state index contributed by atoms with van der Waals surface area (Å²) in [7, 11) is 3.29. The zero-order valence-electron chi connectivity index (χ0n) is 12.9. The van der Waals surface area contributed by atoms with Gasteiger partial charge in [0.2, 0.25) is 0 Å². The molecule has 0 radical (unpaired) electrons. The van der Waals surface area contributed by atoms with Crippen molar-refractivity contribution in [2.45, 2.75) is 13.1 Å². The molecule has 0 spiro atoms. The van der Waals surface area contributed by atoms with E-state index in [1.807, 2.05) is 0 Å². The van der Waals surface area contributed by atoms with Crippen molar-refractivity contribution < 1.29 is 18.0 Å². The molecule has 1 aromatic carbocycles. The lowest BCUT2D eigenvalue weighted by Crippen LogP contribution is -2.18. The van der Waals surface area contributed by atoms with Gasteiger partial charge in [-0.25, -0.2) is 0 Å². The lowest BCUT2D eigenvalue weighted by atomic mass is 10.1. The van der Waals surface area contributed by atoms with Crippen LogP contribution in [0.15, 0.2) is 36.5 Å². The first-order valence-corrected chi connectivity index (χ1v) is 6.81. The first-order chi connectivity index (χ1) is 10.7. The molecule has 122 valence electrons. The van der Waals surface area contributed by atoms with Gasteiger partial charge in [0, 0.05) is 31.7 Å². The highest BCUT2D eigenvalue weighted by Gasteiger charge is 2.34.